The third kappa shape index (κ3) is 4.78. The van der Waals surface area contributed by atoms with Crippen LogP contribution >= 0.6 is 11.6 Å². The van der Waals surface area contributed by atoms with Gasteiger partial charge in [0.05, 0.1) is 11.6 Å². The normalized spacial score (nSPS) is 17.9. The highest BCUT2D eigenvalue weighted by molar-refractivity contribution is 6.32. The van der Waals surface area contributed by atoms with E-state index in [4.69, 9.17) is 21.1 Å². The van der Waals surface area contributed by atoms with Gasteiger partial charge in [0.1, 0.15) is 11.9 Å². The van der Waals surface area contributed by atoms with Crippen LogP contribution in [0.5, 0.6) is 11.6 Å². The molecule has 1 aromatic carbocycles. The first-order valence-electron chi connectivity index (χ1n) is 8.49. The quantitative estimate of drug-likeness (QED) is 0.764. The first-order valence-corrected chi connectivity index (χ1v) is 8.87. The first kappa shape index (κ1) is 18.8. The first-order chi connectivity index (χ1) is 12.5. The third-order valence-electron chi connectivity index (χ3n) is 4.17. The topological polar surface area (TPSA) is 51.7 Å². The Labute approximate surface area is 156 Å². The van der Waals surface area contributed by atoms with Crippen molar-refractivity contribution in [2.75, 3.05) is 19.7 Å². The number of aromatic nitrogens is 1. The van der Waals surface area contributed by atoms with Gasteiger partial charge < -0.3 is 9.47 Å². The molecular formula is C19H20ClFN2O3. The van der Waals surface area contributed by atoms with Crippen molar-refractivity contribution in [3.63, 3.8) is 0 Å². The molecule has 138 valence electrons. The van der Waals surface area contributed by atoms with Crippen LogP contribution in [0.1, 0.15) is 18.9 Å². The molecule has 0 unspecified atom stereocenters. The zero-order chi connectivity index (χ0) is 18.5. The molecule has 1 aromatic heterocycles. The zero-order valence-electron chi connectivity index (χ0n) is 14.5. The minimum Gasteiger partial charge on any atom is -0.437 e. The molecule has 2 heterocycles. The molecule has 0 saturated carbocycles. The highest BCUT2D eigenvalue weighted by atomic mass is 35.5. The van der Waals surface area contributed by atoms with Crippen LogP contribution in [0.15, 0.2) is 36.5 Å². The number of nitrogens with zero attached hydrogens (tertiary/aromatic N) is 2. The number of pyridine rings is 1. The van der Waals surface area contributed by atoms with Crippen LogP contribution in [0.25, 0.3) is 0 Å². The average Bonchev–Trinajstić information content (AvgIpc) is 2.66. The van der Waals surface area contributed by atoms with Gasteiger partial charge in [0, 0.05) is 44.4 Å². The van der Waals surface area contributed by atoms with E-state index in [0.29, 0.717) is 37.0 Å². The van der Waals surface area contributed by atoms with E-state index in [2.05, 4.69) is 9.88 Å². The molecule has 1 saturated heterocycles. The van der Waals surface area contributed by atoms with Gasteiger partial charge in [-0.3, -0.25) is 9.69 Å². The molecule has 2 aromatic rings. The second-order valence-electron chi connectivity index (χ2n) is 6.10. The van der Waals surface area contributed by atoms with Crippen LogP contribution in [0.3, 0.4) is 0 Å². The number of carbonyl (C=O) groups excluding carboxylic acids is 1. The lowest BCUT2D eigenvalue weighted by Crippen LogP contribution is -2.45. The summed E-state index contributed by atoms with van der Waals surface area (Å²) in [5.41, 5.74) is 0.993. The lowest BCUT2D eigenvalue weighted by molar-refractivity contribution is -0.136. The molecule has 7 heteroatoms. The molecule has 1 aliphatic rings. The standard InChI is InChI=1S/C19H20ClFN2O3/c1-2-16(24)18-12-23(7-8-25-18)11-13-3-6-19(22-10-13)26-17-9-14(21)4-5-15(17)20/h3-6,9-10,18H,2,7-8,11-12H2,1H3/t18-/m0/s1. The Morgan fingerprint density at radius 2 is 2.27 bits per heavy atom. The molecule has 0 spiro atoms. The molecule has 5 nitrogen and oxygen atoms in total. The van der Waals surface area contributed by atoms with Crippen molar-refractivity contribution < 1.29 is 18.7 Å². The number of benzene rings is 1. The summed E-state index contributed by atoms with van der Waals surface area (Å²) >= 11 is 5.99. The van der Waals surface area contributed by atoms with Gasteiger partial charge >= 0.3 is 0 Å². The number of hydrogen-bond acceptors (Lipinski definition) is 5. The highest BCUT2D eigenvalue weighted by Gasteiger charge is 2.25. The number of ketones is 1. The van der Waals surface area contributed by atoms with E-state index in [-0.39, 0.29) is 17.6 Å². The molecule has 1 fully saturated rings. The summed E-state index contributed by atoms with van der Waals surface area (Å²) in [6.07, 6.45) is 1.84. The smallest absolute Gasteiger partial charge is 0.219 e. The Morgan fingerprint density at radius 1 is 1.42 bits per heavy atom. The van der Waals surface area contributed by atoms with Crippen molar-refractivity contribution in [1.29, 1.82) is 0 Å². The number of morpholine rings is 1. The third-order valence-corrected chi connectivity index (χ3v) is 4.48. The monoisotopic (exact) mass is 378 g/mol. The summed E-state index contributed by atoms with van der Waals surface area (Å²) < 4.78 is 24.4. The second-order valence-corrected chi connectivity index (χ2v) is 6.50. The van der Waals surface area contributed by atoms with Gasteiger partial charge in [0.15, 0.2) is 11.5 Å². The Morgan fingerprint density at radius 3 is 3.00 bits per heavy atom. The van der Waals surface area contributed by atoms with E-state index in [1.165, 1.54) is 18.2 Å². The second kappa shape index (κ2) is 8.58. The number of carbonyl (C=O) groups is 1. The zero-order valence-corrected chi connectivity index (χ0v) is 15.2. The molecule has 0 aliphatic carbocycles. The number of hydrogen-bond donors (Lipinski definition) is 0. The molecule has 26 heavy (non-hydrogen) atoms. The number of ether oxygens (including phenoxy) is 2. The Hall–Kier alpha value is -2.02. The summed E-state index contributed by atoms with van der Waals surface area (Å²) in [5, 5.41) is 0.317. The number of Topliss-reactive ketones (excluding diaryl/α,β-unsaturated/α-hetero) is 1. The molecule has 1 atom stereocenters. The summed E-state index contributed by atoms with van der Waals surface area (Å²) in [6, 6.07) is 7.53. The van der Waals surface area contributed by atoms with Crippen LogP contribution in [-0.4, -0.2) is 41.5 Å². The van der Waals surface area contributed by atoms with Crippen molar-refractivity contribution >= 4 is 17.4 Å². The van der Waals surface area contributed by atoms with Gasteiger partial charge in [-0.2, -0.15) is 0 Å². The minimum absolute atomic E-state index is 0.128. The van der Waals surface area contributed by atoms with Crippen molar-refractivity contribution in [1.82, 2.24) is 9.88 Å². The maximum atomic E-state index is 13.3. The molecule has 0 bridgehead atoms. The van der Waals surface area contributed by atoms with Crippen LogP contribution in [-0.2, 0) is 16.1 Å². The largest absolute Gasteiger partial charge is 0.437 e. The molecule has 3 rings (SSSR count). The molecular weight excluding hydrogens is 359 g/mol. The van der Waals surface area contributed by atoms with E-state index in [1.807, 2.05) is 13.0 Å². The molecule has 0 N–H and O–H groups in total. The summed E-state index contributed by atoms with van der Waals surface area (Å²) in [7, 11) is 0. The summed E-state index contributed by atoms with van der Waals surface area (Å²) in [4.78, 5) is 18.2. The molecule has 0 amide bonds. The van der Waals surface area contributed by atoms with E-state index in [0.717, 1.165) is 12.1 Å². The lowest BCUT2D eigenvalue weighted by Gasteiger charge is -2.32. The Bertz CT molecular complexity index is 770. The van der Waals surface area contributed by atoms with Gasteiger partial charge in [-0.25, -0.2) is 9.37 Å². The Balaban J connectivity index is 1.61. The van der Waals surface area contributed by atoms with Crippen molar-refractivity contribution in [3.05, 3.63) is 52.9 Å². The minimum atomic E-state index is -0.426. The highest BCUT2D eigenvalue weighted by Crippen LogP contribution is 2.29. The Kier molecular flexibility index (Phi) is 6.19. The number of halogens is 2. The molecule has 0 radical (unpaired) electrons. The van der Waals surface area contributed by atoms with Crippen LogP contribution in [0.2, 0.25) is 5.02 Å². The lowest BCUT2D eigenvalue weighted by atomic mass is 10.1. The van der Waals surface area contributed by atoms with Crippen LogP contribution in [0, 0.1) is 5.82 Å². The van der Waals surface area contributed by atoms with Crippen molar-refractivity contribution in [3.8, 4) is 11.6 Å². The van der Waals surface area contributed by atoms with Crippen LogP contribution in [0.4, 0.5) is 4.39 Å². The fraction of sp³-hybridized carbons (Fsp3) is 0.368. The van der Waals surface area contributed by atoms with E-state index in [1.54, 1.807) is 12.3 Å². The average molecular weight is 379 g/mol. The van der Waals surface area contributed by atoms with Gasteiger partial charge in [0.25, 0.3) is 0 Å². The van der Waals surface area contributed by atoms with Gasteiger partial charge in [0.2, 0.25) is 5.88 Å². The van der Waals surface area contributed by atoms with E-state index >= 15 is 0 Å². The van der Waals surface area contributed by atoms with Gasteiger partial charge in [-0.1, -0.05) is 24.6 Å². The summed E-state index contributed by atoms with van der Waals surface area (Å²) in [6.45, 7) is 4.42. The molecule has 1 aliphatic heterocycles. The maximum absolute atomic E-state index is 13.3. The van der Waals surface area contributed by atoms with E-state index < -0.39 is 5.82 Å². The van der Waals surface area contributed by atoms with Crippen molar-refractivity contribution in [2.45, 2.75) is 26.0 Å². The fourth-order valence-electron chi connectivity index (χ4n) is 2.76. The van der Waals surface area contributed by atoms with Crippen LogP contribution < -0.4 is 4.74 Å². The SMILES string of the molecule is CCC(=O)[C@@H]1CN(Cc2ccc(Oc3cc(F)ccc3Cl)nc2)CCO1. The van der Waals surface area contributed by atoms with Gasteiger partial charge in [-0.05, 0) is 17.7 Å². The number of rotatable bonds is 6. The predicted octanol–water partition coefficient (Wildman–Crippen LogP) is 3.85. The van der Waals surface area contributed by atoms with Gasteiger partial charge in [-0.15, -0.1) is 0 Å². The predicted molar refractivity (Wildman–Crippen MR) is 96.0 cm³/mol. The van der Waals surface area contributed by atoms with Crippen molar-refractivity contribution in [2.24, 2.45) is 0 Å². The summed E-state index contributed by atoms with van der Waals surface area (Å²) in [5.74, 6) is 0.261. The maximum Gasteiger partial charge on any atom is 0.219 e. The fourth-order valence-corrected chi connectivity index (χ4v) is 2.92. The van der Waals surface area contributed by atoms with E-state index in [9.17, 15) is 9.18 Å².